The Bertz CT molecular complexity index is 752. The fourth-order valence-corrected chi connectivity index (χ4v) is 2.74. The number of benzene rings is 1. The average Bonchev–Trinajstić information content (AvgIpc) is 3.41. The molecule has 0 radical (unpaired) electrons. The standard InChI is InChI=1S/C18H24N4O3/c1-25-10-4-9-19-17(23)12-22-15-6-3-2-5-14(15)21-16(22)11-20-18(24)13-7-8-13/h2-3,5-6,13H,4,7-12H2,1H3,(H,19,23)(H,20,24). The number of carbonyl (C=O) groups is 2. The lowest BCUT2D eigenvalue weighted by Gasteiger charge is -2.10. The predicted molar refractivity (Wildman–Crippen MR) is 93.8 cm³/mol. The molecule has 134 valence electrons. The van der Waals surface area contributed by atoms with Crippen molar-refractivity contribution in [2.75, 3.05) is 20.3 Å². The number of nitrogens with one attached hydrogen (secondary N) is 2. The highest BCUT2D eigenvalue weighted by atomic mass is 16.5. The lowest BCUT2D eigenvalue weighted by Crippen LogP contribution is -2.31. The molecule has 2 N–H and O–H groups in total. The molecule has 0 atom stereocenters. The van der Waals surface area contributed by atoms with Crippen molar-refractivity contribution in [3.63, 3.8) is 0 Å². The summed E-state index contributed by atoms with van der Waals surface area (Å²) in [4.78, 5) is 28.7. The molecule has 1 saturated carbocycles. The van der Waals surface area contributed by atoms with E-state index in [1.165, 1.54) is 0 Å². The van der Waals surface area contributed by atoms with Crippen molar-refractivity contribution in [3.05, 3.63) is 30.1 Å². The maximum Gasteiger partial charge on any atom is 0.240 e. The van der Waals surface area contributed by atoms with E-state index in [9.17, 15) is 9.59 Å². The first-order chi connectivity index (χ1) is 12.2. The second-order valence-electron chi connectivity index (χ2n) is 6.29. The summed E-state index contributed by atoms with van der Waals surface area (Å²) in [5.41, 5.74) is 1.72. The Kier molecular flexibility index (Phi) is 5.65. The molecule has 0 spiro atoms. The van der Waals surface area contributed by atoms with Crippen LogP contribution < -0.4 is 10.6 Å². The molecule has 1 aliphatic rings. The Morgan fingerprint density at radius 3 is 2.84 bits per heavy atom. The lowest BCUT2D eigenvalue weighted by molar-refractivity contribution is -0.122. The molecule has 1 aromatic heterocycles. The van der Waals surface area contributed by atoms with Gasteiger partial charge >= 0.3 is 0 Å². The van der Waals surface area contributed by atoms with Gasteiger partial charge in [-0.2, -0.15) is 0 Å². The highest BCUT2D eigenvalue weighted by molar-refractivity contribution is 5.82. The van der Waals surface area contributed by atoms with Crippen LogP contribution in [0.1, 0.15) is 25.1 Å². The summed E-state index contributed by atoms with van der Waals surface area (Å²) < 4.78 is 6.85. The molecule has 0 saturated heterocycles. The molecule has 1 heterocycles. The van der Waals surface area contributed by atoms with E-state index in [0.717, 1.165) is 30.3 Å². The zero-order valence-corrected chi connectivity index (χ0v) is 14.5. The zero-order valence-electron chi connectivity index (χ0n) is 14.5. The van der Waals surface area contributed by atoms with E-state index in [4.69, 9.17) is 4.74 Å². The first-order valence-electron chi connectivity index (χ1n) is 8.66. The van der Waals surface area contributed by atoms with Crippen molar-refractivity contribution in [2.24, 2.45) is 5.92 Å². The van der Waals surface area contributed by atoms with Gasteiger partial charge in [0.1, 0.15) is 12.4 Å². The van der Waals surface area contributed by atoms with Crippen LogP contribution in [0.3, 0.4) is 0 Å². The number of fused-ring (bicyclic) bond motifs is 1. The second-order valence-corrected chi connectivity index (χ2v) is 6.29. The summed E-state index contributed by atoms with van der Waals surface area (Å²) in [5, 5.41) is 5.81. The van der Waals surface area contributed by atoms with Gasteiger partial charge in [-0.3, -0.25) is 9.59 Å². The molecule has 2 aromatic rings. The van der Waals surface area contributed by atoms with Gasteiger partial charge in [0.05, 0.1) is 17.6 Å². The molecule has 1 fully saturated rings. The Labute approximate surface area is 146 Å². The van der Waals surface area contributed by atoms with Crippen LogP contribution in [0.15, 0.2) is 24.3 Å². The molecule has 7 nitrogen and oxygen atoms in total. The number of amides is 2. The van der Waals surface area contributed by atoms with Crippen LogP contribution in [0.25, 0.3) is 11.0 Å². The number of imidazole rings is 1. The van der Waals surface area contributed by atoms with Gasteiger partial charge in [0.2, 0.25) is 11.8 Å². The molecular weight excluding hydrogens is 320 g/mol. The summed E-state index contributed by atoms with van der Waals surface area (Å²) in [6, 6.07) is 7.68. The van der Waals surface area contributed by atoms with Gasteiger partial charge in [0.15, 0.2) is 0 Å². The third-order valence-corrected chi connectivity index (χ3v) is 4.25. The van der Waals surface area contributed by atoms with Crippen molar-refractivity contribution in [2.45, 2.75) is 32.4 Å². The SMILES string of the molecule is COCCCNC(=O)Cn1c(CNC(=O)C2CC2)nc2ccccc21. The highest BCUT2D eigenvalue weighted by Crippen LogP contribution is 2.28. The van der Waals surface area contributed by atoms with Crippen LogP contribution in [0.4, 0.5) is 0 Å². The highest BCUT2D eigenvalue weighted by Gasteiger charge is 2.29. The molecule has 3 rings (SSSR count). The average molecular weight is 344 g/mol. The summed E-state index contributed by atoms with van der Waals surface area (Å²) in [7, 11) is 1.64. The molecule has 7 heteroatoms. The third kappa shape index (κ3) is 4.57. The lowest BCUT2D eigenvalue weighted by atomic mass is 10.3. The fraction of sp³-hybridized carbons (Fsp3) is 0.500. The molecule has 1 aromatic carbocycles. The first-order valence-corrected chi connectivity index (χ1v) is 8.66. The summed E-state index contributed by atoms with van der Waals surface area (Å²) >= 11 is 0. The van der Waals surface area contributed by atoms with Gasteiger partial charge in [-0.1, -0.05) is 12.1 Å². The van der Waals surface area contributed by atoms with Crippen LogP contribution in [-0.2, 0) is 27.4 Å². The molecule has 2 amide bonds. The number of aromatic nitrogens is 2. The molecular formula is C18H24N4O3. The summed E-state index contributed by atoms with van der Waals surface area (Å²) in [6.45, 7) is 1.71. The number of nitrogens with zero attached hydrogens (tertiary/aromatic N) is 2. The largest absolute Gasteiger partial charge is 0.385 e. The Morgan fingerprint density at radius 2 is 2.08 bits per heavy atom. The van der Waals surface area contributed by atoms with Crippen molar-refractivity contribution in [3.8, 4) is 0 Å². The molecule has 1 aliphatic carbocycles. The number of para-hydroxylation sites is 2. The normalized spacial score (nSPS) is 13.8. The number of ether oxygens (including phenoxy) is 1. The Morgan fingerprint density at radius 1 is 1.28 bits per heavy atom. The fourth-order valence-electron chi connectivity index (χ4n) is 2.74. The molecule has 0 aliphatic heterocycles. The van der Waals surface area contributed by atoms with Gasteiger partial charge in [-0.05, 0) is 31.4 Å². The number of hydrogen-bond acceptors (Lipinski definition) is 4. The minimum absolute atomic E-state index is 0.0719. The topological polar surface area (TPSA) is 85.2 Å². The van der Waals surface area contributed by atoms with E-state index >= 15 is 0 Å². The van der Waals surface area contributed by atoms with E-state index in [1.54, 1.807) is 7.11 Å². The maximum absolute atomic E-state index is 12.2. The Balaban J connectivity index is 1.68. The van der Waals surface area contributed by atoms with Crippen molar-refractivity contribution in [1.82, 2.24) is 20.2 Å². The van der Waals surface area contributed by atoms with Gasteiger partial charge in [0, 0.05) is 26.2 Å². The number of rotatable bonds is 9. The number of carbonyl (C=O) groups excluding carboxylic acids is 2. The van der Waals surface area contributed by atoms with E-state index in [-0.39, 0.29) is 24.3 Å². The number of hydrogen-bond donors (Lipinski definition) is 2. The van der Waals surface area contributed by atoms with E-state index in [2.05, 4.69) is 15.6 Å². The van der Waals surface area contributed by atoms with E-state index < -0.39 is 0 Å². The minimum Gasteiger partial charge on any atom is -0.385 e. The van der Waals surface area contributed by atoms with Crippen LogP contribution >= 0.6 is 0 Å². The molecule has 25 heavy (non-hydrogen) atoms. The van der Waals surface area contributed by atoms with Gasteiger partial charge in [-0.25, -0.2) is 4.98 Å². The quantitative estimate of drug-likeness (QED) is 0.670. The molecule has 0 bridgehead atoms. The number of methoxy groups -OCH3 is 1. The van der Waals surface area contributed by atoms with Gasteiger partial charge in [0.25, 0.3) is 0 Å². The second kappa shape index (κ2) is 8.11. The van der Waals surface area contributed by atoms with E-state index in [0.29, 0.717) is 25.5 Å². The van der Waals surface area contributed by atoms with Crippen molar-refractivity contribution in [1.29, 1.82) is 0 Å². The van der Waals surface area contributed by atoms with Crippen molar-refractivity contribution < 1.29 is 14.3 Å². The van der Waals surface area contributed by atoms with E-state index in [1.807, 2.05) is 28.8 Å². The van der Waals surface area contributed by atoms with Gasteiger partial charge in [-0.15, -0.1) is 0 Å². The van der Waals surface area contributed by atoms with Crippen LogP contribution in [0.2, 0.25) is 0 Å². The predicted octanol–water partition coefficient (Wildman–Crippen LogP) is 1.22. The minimum atomic E-state index is -0.0750. The summed E-state index contributed by atoms with van der Waals surface area (Å²) in [6.07, 6.45) is 2.70. The van der Waals surface area contributed by atoms with Crippen molar-refractivity contribution >= 4 is 22.8 Å². The monoisotopic (exact) mass is 344 g/mol. The van der Waals surface area contributed by atoms with Crippen LogP contribution in [-0.4, -0.2) is 41.6 Å². The maximum atomic E-state index is 12.2. The van der Waals surface area contributed by atoms with Gasteiger partial charge < -0.3 is 19.9 Å². The first kappa shape index (κ1) is 17.4. The van der Waals surface area contributed by atoms with Crippen LogP contribution in [0.5, 0.6) is 0 Å². The zero-order chi connectivity index (χ0) is 17.6. The summed E-state index contributed by atoms with van der Waals surface area (Å²) in [5.74, 6) is 0.848. The Hall–Kier alpha value is -2.41. The molecule has 0 unspecified atom stereocenters. The van der Waals surface area contributed by atoms with Crippen LogP contribution in [0, 0.1) is 5.92 Å². The third-order valence-electron chi connectivity index (χ3n) is 4.25. The smallest absolute Gasteiger partial charge is 0.240 e.